The Morgan fingerprint density at radius 2 is 2.16 bits per heavy atom. The summed E-state index contributed by atoms with van der Waals surface area (Å²) < 4.78 is 1.99. The van der Waals surface area contributed by atoms with Crippen LogP contribution in [0.3, 0.4) is 0 Å². The predicted octanol–water partition coefficient (Wildman–Crippen LogP) is 2.15. The molecule has 7 heteroatoms. The third-order valence-electron chi connectivity index (χ3n) is 4.49. The largest absolute Gasteiger partial charge is 0.348 e. The van der Waals surface area contributed by atoms with E-state index in [0.29, 0.717) is 19.0 Å². The average molecular weight is 342 g/mol. The topological polar surface area (TPSA) is 75.9 Å². The standard InChI is InChI=1S/C18H26N6O/c1-5-16-13(4)9-19-18(21-16)20-10-14-8-15-11-23(17(25)12(2)3)6-7-24(15)22-14/h8-9,12H,5-7,10-11H2,1-4H3,(H,19,20,21). The molecule has 2 aromatic rings. The summed E-state index contributed by atoms with van der Waals surface area (Å²) in [5.74, 6) is 0.861. The molecule has 1 N–H and O–H groups in total. The van der Waals surface area contributed by atoms with Gasteiger partial charge in [-0.3, -0.25) is 9.48 Å². The highest BCUT2D eigenvalue weighted by Crippen LogP contribution is 2.16. The quantitative estimate of drug-likeness (QED) is 0.901. The van der Waals surface area contributed by atoms with Crippen LogP contribution in [0.15, 0.2) is 12.3 Å². The Balaban J connectivity index is 1.65. The first-order valence-electron chi connectivity index (χ1n) is 8.88. The van der Waals surface area contributed by atoms with Gasteiger partial charge in [0.1, 0.15) is 0 Å². The molecule has 0 saturated carbocycles. The van der Waals surface area contributed by atoms with Gasteiger partial charge in [0.2, 0.25) is 11.9 Å². The second-order valence-corrected chi connectivity index (χ2v) is 6.80. The summed E-state index contributed by atoms with van der Waals surface area (Å²) in [6.07, 6.45) is 2.74. The van der Waals surface area contributed by atoms with E-state index in [1.807, 2.05) is 36.5 Å². The maximum Gasteiger partial charge on any atom is 0.225 e. The number of nitrogens with one attached hydrogen (secondary N) is 1. The van der Waals surface area contributed by atoms with Crippen molar-refractivity contribution >= 4 is 11.9 Å². The minimum atomic E-state index is 0.0297. The lowest BCUT2D eigenvalue weighted by atomic mass is 10.1. The summed E-state index contributed by atoms with van der Waals surface area (Å²) in [5, 5.41) is 7.87. The first kappa shape index (κ1) is 17.4. The van der Waals surface area contributed by atoms with Gasteiger partial charge >= 0.3 is 0 Å². The lowest BCUT2D eigenvalue weighted by Crippen LogP contribution is -2.40. The Morgan fingerprint density at radius 3 is 2.88 bits per heavy atom. The molecule has 0 bridgehead atoms. The van der Waals surface area contributed by atoms with Crippen LogP contribution in [0.25, 0.3) is 0 Å². The number of hydrogen-bond donors (Lipinski definition) is 1. The molecule has 0 atom stereocenters. The van der Waals surface area contributed by atoms with E-state index < -0.39 is 0 Å². The summed E-state index contributed by atoms with van der Waals surface area (Å²) >= 11 is 0. The van der Waals surface area contributed by atoms with Crippen molar-refractivity contribution in [3.05, 3.63) is 34.9 Å². The van der Waals surface area contributed by atoms with E-state index in [1.165, 1.54) is 0 Å². The van der Waals surface area contributed by atoms with Gasteiger partial charge in [0, 0.05) is 24.4 Å². The SMILES string of the molecule is CCc1nc(NCc2cc3n(n2)CCN(C(=O)C(C)C)C3)ncc1C. The molecular weight excluding hydrogens is 316 g/mol. The molecule has 7 nitrogen and oxygen atoms in total. The van der Waals surface area contributed by atoms with Crippen molar-refractivity contribution in [3.8, 4) is 0 Å². The summed E-state index contributed by atoms with van der Waals surface area (Å²) in [6.45, 7) is 10.7. The van der Waals surface area contributed by atoms with E-state index in [2.05, 4.69) is 33.4 Å². The molecule has 0 aliphatic carbocycles. The molecule has 134 valence electrons. The van der Waals surface area contributed by atoms with Crippen LogP contribution >= 0.6 is 0 Å². The molecule has 0 fully saturated rings. The highest BCUT2D eigenvalue weighted by molar-refractivity contribution is 5.78. The number of nitrogens with zero attached hydrogens (tertiary/aromatic N) is 5. The van der Waals surface area contributed by atoms with Gasteiger partial charge in [-0.1, -0.05) is 20.8 Å². The number of carbonyl (C=O) groups is 1. The van der Waals surface area contributed by atoms with Crippen LogP contribution in [-0.4, -0.2) is 37.1 Å². The molecule has 0 spiro atoms. The molecule has 1 aliphatic rings. The molecule has 1 aliphatic heterocycles. The van der Waals surface area contributed by atoms with Crippen molar-refractivity contribution < 1.29 is 4.79 Å². The molecule has 3 rings (SSSR count). The lowest BCUT2D eigenvalue weighted by molar-refractivity contribution is -0.136. The van der Waals surface area contributed by atoms with E-state index >= 15 is 0 Å². The molecule has 1 amide bonds. The van der Waals surface area contributed by atoms with Crippen molar-refractivity contribution in [2.24, 2.45) is 5.92 Å². The fraction of sp³-hybridized carbons (Fsp3) is 0.556. The van der Waals surface area contributed by atoms with Crippen LogP contribution in [0.1, 0.15) is 43.4 Å². The summed E-state index contributed by atoms with van der Waals surface area (Å²) in [5.41, 5.74) is 4.19. The van der Waals surface area contributed by atoms with Crippen molar-refractivity contribution in [2.75, 3.05) is 11.9 Å². The Bertz CT molecular complexity index is 767. The predicted molar refractivity (Wildman–Crippen MR) is 96.0 cm³/mol. The normalized spacial score (nSPS) is 13.9. The number of carbonyl (C=O) groups excluding carboxylic acids is 1. The monoisotopic (exact) mass is 342 g/mol. The first-order valence-corrected chi connectivity index (χ1v) is 8.88. The van der Waals surface area contributed by atoms with Gasteiger partial charge in [-0.15, -0.1) is 0 Å². The highest BCUT2D eigenvalue weighted by Gasteiger charge is 2.23. The molecule has 25 heavy (non-hydrogen) atoms. The zero-order valence-corrected chi connectivity index (χ0v) is 15.4. The Labute approximate surface area is 148 Å². The zero-order valence-electron chi connectivity index (χ0n) is 15.4. The molecular formula is C18H26N6O. The van der Waals surface area contributed by atoms with E-state index in [1.54, 1.807) is 0 Å². The summed E-state index contributed by atoms with van der Waals surface area (Å²) in [7, 11) is 0. The van der Waals surface area contributed by atoms with Crippen LogP contribution in [0.5, 0.6) is 0 Å². The fourth-order valence-corrected chi connectivity index (χ4v) is 3.06. The smallest absolute Gasteiger partial charge is 0.225 e. The Kier molecular flexibility index (Phi) is 5.01. The van der Waals surface area contributed by atoms with Crippen LogP contribution in [-0.2, 0) is 30.8 Å². The number of aromatic nitrogens is 4. The van der Waals surface area contributed by atoms with Gasteiger partial charge in [-0.05, 0) is 25.0 Å². The minimum Gasteiger partial charge on any atom is -0.348 e. The lowest BCUT2D eigenvalue weighted by Gasteiger charge is -2.29. The number of amides is 1. The second kappa shape index (κ2) is 7.21. The van der Waals surface area contributed by atoms with E-state index in [0.717, 1.165) is 42.2 Å². The number of aryl methyl sites for hydroxylation is 2. The van der Waals surface area contributed by atoms with Crippen molar-refractivity contribution in [2.45, 2.75) is 53.8 Å². The number of hydrogen-bond acceptors (Lipinski definition) is 5. The highest BCUT2D eigenvalue weighted by atomic mass is 16.2. The van der Waals surface area contributed by atoms with E-state index in [-0.39, 0.29) is 11.8 Å². The first-order chi connectivity index (χ1) is 12.0. The van der Waals surface area contributed by atoms with Crippen LogP contribution < -0.4 is 5.32 Å². The number of anilines is 1. The van der Waals surface area contributed by atoms with Crippen LogP contribution in [0, 0.1) is 12.8 Å². The Morgan fingerprint density at radius 1 is 1.36 bits per heavy atom. The van der Waals surface area contributed by atoms with Crippen molar-refractivity contribution in [1.29, 1.82) is 0 Å². The van der Waals surface area contributed by atoms with E-state index in [9.17, 15) is 4.79 Å². The maximum absolute atomic E-state index is 12.2. The third-order valence-corrected chi connectivity index (χ3v) is 4.49. The van der Waals surface area contributed by atoms with E-state index in [4.69, 9.17) is 0 Å². The summed E-state index contributed by atoms with van der Waals surface area (Å²) in [4.78, 5) is 23.0. The molecule has 0 aromatic carbocycles. The molecule has 2 aromatic heterocycles. The molecule has 0 radical (unpaired) electrons. The third kappa shape index (κ3) is 3.81. The average Bonchev–Trinajstić information content (AvgIpc) is 3.02. The molecule has 0 saturated heterocycles. The van der Waals surface area contributed by atoms with Crippen molar-refractivity contribution in [1.82, 2.24) is 24.6 Å². The van der Waals surface area contributed by atoms with Crippen LogP contribution in [0.4, 0.5) is 5.95 Å². The van der Waals surface area contributed by atoms with Gasteiger partial charge in [-0.2, -0.15) is 5.10 Å². The fourth-order valence-electron chi connectivity index (χ4n) is 3.06. The zero-order chi connectivity index (χ0) is 18.0. The van der Waals surface area contributed by atoms with Crippen molar-refractivity contribution in [3.63, 3.8) is 0 Å². The number of fused-ring (bicyclic) bond motifs is 1. The minimum absolute atomic E-state index is 0.0297. The van der Waals surface area contributed by atoms with Gasteiger partial charge in [0.15, 0.2) is 0 Å². The molecule has 0 unspecified atom stereocenters. The number of rotatable bonds is 5. The second-order valence-electron chi connectivity index (χ2n) is 6.80. The van der Waals surface area contributed by atoms with Gasteiger partial charge in [0.05, 0.1) is 31.0 Å². The van der Waals surface area contributed by atoms with Gasteiger partial charge in [0.25, 0.3) is 0 Å². The maximum atomic E-state index is 12.2. The summed E-state index contributed by atoms with van der Waals surface area (Å²) in [6, 6.07) is 2.06. The van der Waals surface area contributed by atoms with Gasteiger partial charge in [-0.25, -0.2) is 9.97 Å². The molecule has 3 heterocycles. The Hall–Kier alpha value is -2.44. The van der Waals surface area contributed by atoms with Crippen LogP contribution in [0.2, 0.25) is 0 Å². The van der Waals surface area contributed by atoms with Gasteiger partial charge < -0.3 is 10.2 Å².